The number of carbonyl (C=O) groups is 2. The van der Waals surface area contributed by atoms with E-state index < -0.39 is 0 Å². The molecule has 1 aromatic rings. The van der Waals surface area contributed by atoms with E-state index in [0.29, 0.717) is 13.0 Å². The van der Waals surface area contributed by atoms with Crippen LogP contribution in [-0.4, -0.2) is 47.3 Å². The molecule has 0 radical (unpaired) electrons. The molecule has 0 bridgehead atoms. The molecule has 0 saturated carbocycles. The van der Waals surface area contributed by atoms with E-state index in [1.807, 2.05) is 22.8 Å². The highest BCUT2D eigenvalue weighted by molar-refractivity contribution is 5.77. The molecule has 0 unspecified atom stereocenters. The summed E-state index contributed by atoms with van der Waals surface area (Å²) in [6, 6.07) is 10.6. The molecule has 4 nitrogen and oxygen atoms in total. The third-order valence-corrected chi connectivity index (χ3v) is 5.44. The molecule has 2 saturated heterocycles. The zero-order chi connectivity index (χ0) is 15.7. The normalized spacial score (nSPS) is 27.6. The van der Waals surface area contributed by atoms with E-state index >= 15 is 0 Å². The van der Waals surface area contributed by atoms with Gasteiger partial charge in [0.15, 0.2) is 0 Å². The van der Waals surface area contributed by atoms with Crippen molar-refractivity contribution in [2.45, 2.75) is 44.6 Å². The lowest BCUT2D eigenvalue weighted by Gasteiger charge is -2.46. The Bertz CT molecular complexity index is 572. The van der Waals surface area contributed by atoms with Crippen LogP contribution >= 0.6 is 0 Å². The van der Waals surface area contributed by atoms with Gasteiger partial charge in [0.2, 0.25) is 11.8 Å². The van der Waals surface area contributed by atoms with Gasteiger partial charge < -0.3 is 9.80 Å². The maximum Gasteiger partial charge on any atom is 0.222 e. The highest BCUT2D eigenvalue weighted by atomic mass is 16.2. The van der Waals surface area contributed by atoms with Crippen molar-refractivity contribution in [3.63, 3.8) is 0 Å². The van der Waals surface area contributed by atoms with Crippen molar-refractivity contribution in [2.24, 2.45) is 0 Å². The number of benzene rings is 1. The third kappa shape index (κ3) is 2.31. The number of hydrogen-bond acceptors (Lipinski definition) is 2. The minimum absolute atomic E-state index is 0.0114. The summed E-state index contributed by atoms with van der Waals surface area (Å²) in [5.74, 6) is 0.311. The Morgan fingerprint density at radius 2 is 1.86 bits per heavy atom. The van der Waals surface area contributed by atoms with Gasteiger partial charge in [0.05, 0.1) is 6.04 Å². The van der Waals surface area contributed by atoms with Crippen molar-refractivity contribution in [2.75, 3.05) is 19.6 Å². The molecule has 0 aromatic heterocycles. The van der Waals surface area contributed by atoms with Gasteiger partial charge in [-0.25, -0.2) is 0 Å². The summed E-state index contributed by atoms with van der Waals surface area (Å²) in [6.07, 6.45) is 2.47. The van der Waals surface area contributed by atoms with Crippen LogP contribution in [0.25, 0.3) is 0 Å². The quantitative estimate of drug-likeness (QED) is 0.840. The lowest BCUT2D eigenvalue weighted by molar-refractivity contribution is -0.138. The van der Waals surface area contributed by atoms with Crippen LogP contribution in [0, 0.1) is 0 Å². The monoisotopic (exact) mass is 300 g/mol. The van der Waals surface area contributed by atoms with Gasteiger partial charge >= 0.3 is 0 Å². The molecule has 2 aliphatic heterocycles. The van der Waals surface area contributed by atoms with Gasteiger partial charge in [-0.15, -0.1) is 0 Å². The Morgan fingerprint density at radius 1 is 1.18 bits per heavy atom. The molecule has 2 fully saturated rings. The van der Waals surface area contributed by atoms with Crippen molar-refractivity contribution in [3.8, 4) is 0 Å². The molecule has 0 N–H and O–H groups in total. The number of carbonyl (C=O) groups excluding carboxylic acids is 2. The molecule has 2 amide bonds. The van der Waals surface area contributed by atoms with E-state index in [1.165, 1.54) is 5.56 Å². The highest BCUT2D eigenvalue weighted by Gasteiger charge is 2.52. The molecule has 3 rings (SSSR count). The fraction of sp³-hybridized carbons (Fsp3) is 0.556. The second kappa shape index (κ2) is 5.75. The number of nitrogens with zero attached hydrogens (tertiary/aromatic N) is 2. The molecule has 0 spiro atoms. The first-order valence-corrected chi connectivity index (χ1v) is 8.19. The van der Waals surface area contributed by atoms with E-state index in [9.17, 15) is 9.59 Å². The van der Waals surface area contributed by atoms with Crippen LogP contribution in [0.3, 0.4) is 0 Å². The minimum atomic E-state index is 0.0114. The van der Waals surface area contributed by atoms with E-state index in [-0.39, 0.29) is 23.3 Å². The van der Waals surface area contributed by atoms with Gasteiger partial charge in [-0.1, -0.05) is 37.3 Å². The maximum absolute atomic E-state index is 12.1. The van der Waals surface area contributed by atoms with Crippen molar-refractivity contribution in [1.29, 1.82) is 0 Å². The van der Waals surface area contributed by atoms with Crippen LogP contribution in [0.15, 0.2) is 30.3 Å². The minimum Gasteiger partial charge on any atom is -0.341 e. The molecule has 1 aromatic carbocycles. The third-order valence-electron chi connectivity index (χ3n) is 5.44. The topological polar surface area (TPSA) is 40.6 Å². The van der Waals surface area contributed by atoms with Gasteiger partial charge in [-0.05, 0) is 18.4 Å². The van der Waals surface area contributed by atoms with Crippen molar-refractivity contribution in [1.82, 2.24) is 9.80 Å². The summed E-state index contributed by atoms with van der Waals surface area (Å²) in [5.41, 5.74) is 1.32. The summed E-state index contributed by atoms with van der Waals surface area (Å²) < 4.78 is 0. The number of piperidine rings is 1. The fourth-order valence-corrected chi connectivity index (χ4v) is 4.22. The summed E-state index contributed by atoms with van der Waals surface area (Å²) in [7, 11) is 0. The Kier molecular flexibility index (Phi) is 3.94. The summed E-state index contributed by atoms with van der Waals surface area (Å²) in [5, 5.41) is 0. The zero-order valence-electron chi connectivity index (χ0n) is 13.4. The summed E-state index contributed by atoms with van der Waals surface area (Å²) in [6.45, 7) is 5.80. The van der Waals surface area contributed by atoms with E-state index in [0.717, 1.165) is 25.9 Å². The average molecular weight is 300 g/mol. The van der Waals surface area contributed by atoms with Crippen molar-refractivity contribution in [3.05, 3.63) is 35.9 Å². The molecular formula is C18H24N2O2. The maximum atomic E-state index is 12.1. The molecule has 0 aliphatic carbocycles. The predicted octanol–water partition coefficient (Wildman–Crippen LogP) is 2.19. The van der Waals surface area contributed by atoms with Gasteiger partial charge in [0, 0.05) is 38.4 Å². The number of rotatable bonds is 2. The number of hydrogen-bond donors (Lipinski definition) is 0. The van der Waals surface area contributed by atoms with Crippen LogP contribution in [0.5, 0.6) is 0 Å². The second-order valence-corrected chi connectivity index (χ2v) is 6.44. The first-order valence-electron chi connectivity index (χ1n) is 8.19. The smallest absolute Gasteiger partial charge is 0.222 e. The number of fused-ring (bicyclic) bond motifs is 1. The first-order chi connectivity index (χ1) is 10.6. The Hall–Kier alpha value is -1.84. The lowest BCUT2D eigenvalue weighted by Crippen LogP contribution is -2.57. The predicted molar refractivity (Wildman–Crippen MR) is 85.4 cm³/mol. The highest BCUT2D eigenvalue weighted by Crippen LogP contribution is 2.45. The van der Waals surface area contributed by atoms with Crippen LogP contribution < -0.4 is 0 Å². The van der Waals surface area contributed by atoms with Gasteiger partial charge in [0.1, 0.15) is 0 Å². The van der Waals surface area contributed by atoms with Crippen LogP contribution in [-0.2, 0) is 15.0 Å². The molecule has 118 valence electrons. The Labute approximate surface area is 132 Å². The van der Waals surface area contributed by atoms with Crippen LogP contribution in [0.1, 0.15) is 38.7 Å². The Balaban J connectivity index is 1.96. The van der Waals surface area contributed by atoms with E-state index in [1.54, 1.807) is 6.92 Å². The van der Waals surface area contributed by atoms with Crippen molar-refractivity contribution >= 4 is 11.8 Å². The zero-order valence-corrected chi connectivity index (χ0v) is 13.4. The second-order valence-electron chi connectivity index (χ2n) is 6.44. The fourth-order valence-electron chi connectivity index (χ4n) is 4.22. The average Bonchev–Trinajstić information content (AvgIpc) is 2.95. The molecular weight excluding hydrogens is 276 g/mol. The Morgan fingerprint density at radius 3 is 2.50 bits per heavy atom. The van der Waals surface area contributed by atoms with Gasteiger partial charge in [0.25, 0.3) is 0 Å². The first kappa shape index (κ1) is 15.1. The molecule has 2 atom stereocenters. The van der Waals surface area contributed by atoms with E-state index in [4.69, 9.17) is 0 Å². The SMILES string of the molecule is CCC(=O)N1CC[C@]2(c3ccccc3)CCN(C(C)=O)[C@@H]2C1. The summed E-state index contributed by atoms with van der Waals surface area (Å²) >= 11 is 0. The number of likely N-dealkylation sites (tertiary alicyclic amines) is 2. The van der Waals surface area contributed by atoms with Gasteiger partial charge in [-0.3, -0.25) is 9.59 Å². The standard InChI is InChI=1S/C18H24N2O2/c1-3-17(22)19-11-9-18(15-7-5-4-6-8-15)10-12-20(14(2)21)16(18)13-19/h4-8,16H,3,9-13H2,1-2H3/t16-,18-/m1/s1. The van der Waals surface area contributed by atoms with Crippen molar-refractivity contribution < 1.29 is 9.59 Å². The van der Waals surface area contributed by atoms with Crippen LogP contribution in [0.2, 0.25) is 0 Å². The molecule has 22 heavy (non-hydrogen) atoms. The lowest BCUT2D eigenvalue weighted by atomic mass is 9.69. The molecule has 2 aliphatic rings. The van der Waals surface area contributed by atoms with Crippen LogP contribution in [0.4, 0.5) is 0 Å². The molecule has 2 heterocycles. The van der Waals surface area contributed by atoms with Gasteiger partial charge in [-0.2, -0.15) is 0 Å². The summed E-state index contributed by atoms with van der Waals surface area (Å²) in [4.78, 5) is 28.1. The largest absolute Gasteiger partial charge is 0.341 e. The van der Waals surface area contributed by atoms with E-state index in [2.05, 4.69) is 24.3 Å². The number of amides is 2. The molecule has 4 heteroatoms.